The van der Waals surface area contributed by atoms with E-state index in [2.05, 4.69) is 0 Å². The van der Waals surface area contributed by atoms with Crippen molar-refractivity contribution in [2.24, 2.45) is 0 Å². The number of hydrogen-bond acceptors (Lipinski definition) is 1. The van der Waals surface area contributed by atoms with Gasteiger partial charge < -0.3 is 12.9 Å². The second-order valence-corrected chi connectivity index (χ2v) is 3.48. The number of hydrogen-bond donors (Lipinski definition) is 0. The molecule has 2 rings (SSSR count). The molecule has 2 aromatic carbocycles. The Bertz CT molecular complexity index is 554. The molecule has 2 aromatic rings. The van der Waals surface area contributed by atoms with E-state index in [0.29, 0.717) is 11.7 Å². The summed E-state index contributed by atoms with van der Waals surface area (Å²) in [4.78, 5) is 10.7. The monoisotopic (exact) mass is 262 g/mol. The van der Waals surface area contributed by atoms with Crippen molar-refractivity contribution in [3.63, 3.8) is 0 Å². The van der Waals surface area contributed by atoms with Crippen LogP contribution in [0.3, 0.4) is 0 Å². The summed E-state index contributed by atoms with van der Waals surface area (Å²) in [6.07, 6.45) is 0.565. The van der Waals surface area contributed by atoms with Gasteiger partial charge in [-0.3, -0.25) is 4.79 Å². The van der Waals surface area contributed by atoms with Crippen LogP contribution in [0.2, 0.25) is 0 Å². The van der Waals surface area contributed by atoms with Crippen molar-refractivity contribution in [3.05, 3.63) is 42.0 Å². The molecule has 1 nitrogen and oxygen atoms in total. The van der Waals surface area contributed by atoms with Gasteiger partial charge in [-0.2, -0.15) is 0 Å². The zero-order valence-corrected chi connectivity index (χ0v) is 12.3. The molecule has 0 radical (unpaired) electrons. The summed E-state index contributed by atoms with van der Waals surface area (Å²) in [7, 11) is 0. The van der Waals surface area contributed by atoms with Crippen molar-refractivity contribution in [1.29, 1.82) is 0 Å². The number of benzene rings is 2. The molecule has 17 heavy (non-hydrogen) atoms. The Kier molecular flexibility index (Phi) is 4.97. The summed E-state index contributed by atoms with van der Waals surface area (Å²) >= 11 is 0. The van der Waals surface area contributed by atoms with Crippen LogP contribution in [0.4, 0.5) is 12.9 Å². The molecule has 0 aliphatic carbocycles. The molecule has 82 valence electrons. The summed E-state index contributed by atoms with van der Waals surface area (Å²) < 4.78 is 38.2. The minimum Gasteiger partial charge on any atom is -0.445 e. The molecule has 6 heteroatoms. The van der Waals surface area contributed by atoms with E-state index in [1.165, 1.54) is 30.3 Å². The molecule has 0 N–H and O–H groups in total. The molecule has 0 atom stereocenters. The Balaban J connectivity index is 0.00000144. The molecule has 0 saturated heterocycles. The Morgan fingerprint density at radius 1 is 0.941 bits per heavy atom. The van der Waals surface area contributed by atoms with E-state index in [9.17, 15) is 17.7 Å². The zero-order chi connectivity index (χ0) is 11.8. The predicted octanol–water partition coefficient (Wildman–Crippen LogP) is -0.289. The summed E-state index contributed by atoms with van der Waals surface area (Å²) in [6, 6.07) is 8.22. The first-order chi connectivity index (χ1) is 7.54. The second-order valence-electron chi connectivity index (χ2n) is 3.48. The van der Waals surface area contributed by atoms with E-state index in [0.717, 1.165) is 6.07 Å². The fraction of sp³-hybridized carbons (Fsp3) is 0. The minimum absolute atomic E-state index is 0. The van der Waals surface area contributed by atoms with Crippen molar-refractivity contribution in [2.75, 3.05) is 0 Å². The molecule has 0 amide bonds. The summed E-state index contributed by atoms with van der Waals surface area (Å²) in [5, 5.41) is 0.425. The topological polar surface area (TPSA) is 17.1 Å². The molecule has 0 aliphatic heterocycles. The number of carbonyl (C=O) groups is 1. The largest absolute Gasteiger partial charge is 1.00 e. The van der Waals surface area contributed by atoms with Gasteiger partial charge in [-0.05, 0) is 10.8 Å². The average Bonchev–Trinajstić information content (AvgIpc) is 2.26. The fourth-order valence-electron chi connectivity index (χ4n) is 1.75. The van der Waals surface area contributed by atoms with Crippen LogP contribution < -0.4 is 56.8 Å². The van der Waals surface area contributed by atoms with E-state index in [1.54, 1.807) is 0 Å². The van der Waals surface area contributed by atoms with Crippen LogP contribution in [0.1, 0.15) is 10.4 Å². The smallest absolute Gasteiger partial charge is 0.445 e. The van der Waals surface area contributed by atoms with Gasteiger partial charge in [-0.25, -0.2) is 0 Å². The zero-order valence-electron chi connectivity index (χ0n) is 9.16. The second kappa shape index (κ2) is 5.67. The predicted molar refractivity (Wildman–Crippen MR) is 58.0 cm³/mol. The van der Waals surface area contributed by atoms with Gasteiger partial charge >= 0.3 is 58.4 Å². The van der Waals surface area contributed by atoms with E-state index < -0.39 is 12.4 Å². The Labute approximate surface area is 139 Å². The number of fused-ring (bicyclic) bond motifs is 1. The van der Waals surface area contributed by atoms with E-state index in [-0.39, 0.29) is 62.3 Å². The number of halogens is 3. The van der Waals surface area contributed by atoms with Crippen LogP contribution in [0.5, 0.6) is 0 Å². The van der Waals surface area contributed by atoms with Gasteiger partial charge in [-0.15, -0.1) is 5.46 Å². The SMILES string of the molecule is O=Cc1cccc2c([B-](F)(F)F)cccc12.[K+]. The van der Waals surface area contributed by atoms with Crippen LogP contribution >= 0.6 is 0 Å². The third-order valence-electron chi connectivity index (χ3n) is 2.47. The molecule has 0 unspecified atom stereocenters. The average molecular weight is 262 g/mol. The molecular weight excluding hydrogens is 255 g/mol. The summed E-state index contributed by atoms with van der Waals surface area (Å²) in [6.45, 7) is -5.05. The maximum atomic E-state index is 12.7. The molecule has 0 aliphatic rings. The van der Waals surface area contributed by atoms with Crippen molar-refractivity contribution >= 4 is 29.5 Å². The van der Waals surface area contributed by atoms with Gasteiger partial charge in [0.15, 0.2) is 6.29 Å². The van der Waals surface area contributed by atoms with Gasteiger partial charge in [0.05, 0.1) is 0 Å². The third kappa shape index (κ3) is 3.00. The van der Waals surface area contributed by atoms with E-state index in [1.807, 2.05) is 0 Å². The van der Waals surface area contributed by atoms with Gasteiger partial charge in [-0.1, -0.05) is 36.4 Å². The first kappa shape index (κ1) is 14.9. The fourth-order valence-corrected chi connectivity index (χ4v) is 1.75. The molecule has 0 saturated carbocycles. The first-order valence-electron chi connectivity index (χ1n) is 4.71. The van der Waals surface area contributed by atoms with Crippen LogP contribution in [-0.4, -0.2) is 13.3 Å². The third-order valence-corrected chi connectivity index (χ3v) is 2.47. The van der Waals surface area contributed by atoms with E-state index >= 15 is 0 Å². The Hall–Kier alpha value is -0.139. The minimum atomic E-state index is -5.05. The van der Waals surface area contributed by atoms with Crippen molar-refractivity contribution < 1.29 is 69.1 Å². The van der Waals surface area contributed by atoms with Gasteiger partial charge in [0, 0.05) is 5.56 Å². The quantitative estimate of drug-likeness (QED) is 0.537. The number of rotatable bonds is 2. The van der Waals surface area contributed by atoms with Gasteiger partial charge in [0.2, 0.25) is 0 Å². The maximum absolute atomic E-state index is 12.7. The van der Waals surface area contributed by atoms with Gasteiger partial charge in [0.1, 0.15) is 0 Å². The molecule has 0 heterocycles. The molecule has 0 fully saturated rings. The maximum Gasteiger partial charge on any atom is 1.00 e. The van der Waals surface area contributed by atoms with Crippen LogP contribution in [-0.2, 0) is 0 Å². The Morgan fingerprint density at radius 2 is 1.53 bits per heavy atom. The van der Waals surface area contributed by atoms with Crippen molar-refractivity contribution in [1.82, 2.24) is 0 Å². The molecule has 0 bridgehead atoms. The van der Waals surface area contributed by atoms with E-state index in [4.69, 9.17) is 0 Å². The van der Waals surface area contributed by atoms with Gasteiger partial charge in [0.25, 0.3) is 0 Å². The summed E-state index contributed by atoms with van der Waals surface area (Å²) in [5.41, 5.74) is -0.374. The normalized spacial score (nSPS) is 11.0. The van der Waals surface area contributed by atoms with Crippen LogP contribution in [0, 0.1) is 0 Å². The molecule has 0 aromatic heterocycles. The first-order valence-corrected chi connectivity index (χ1v) is 4.71. The molecule has 0 spiro atoms. The van der Waals surface area contributed by atoms with Crippen molar-refractivity contribution in [3.8, 4) is 0 Å². The number of carbonyl (C=O) groups excluding carboxylic acids is 1. The number of aldehydes is 1. The summed E-state index contributed by atoms with van der Waals surface area (Å²) in [5.74, 6) is 0. The van der Waals surface area contributed by atoms with Crippen LogP contribution in [0.15, 0.2) is 36.4 Å². The Morgan fingerprint density at radius 3 is 2.12 bits per heavy atom. The standard InChI is InChI=1S/C11H7BF3O.K/c13-12(14,15)11-6-2-4-9-8(7-16)3-1-5-10(9)11;/h1-7H;/q-1;+1. The molecular formula is C11H7BF3KO. The van der Waals surface area contributed by atoms with Crippen molar-refractivity contribution in [2.45, 2.75) is 0 Å². The van der Waals surface area contributed by atoms with Crippen LogP contribution in [0.25, 0.3) is 10.8 Å².